The van der Waals surface area contributed by atoms with Crippen LogP contribution in [-0.4, -0.2) is 14.3 Å². The highest BCUT2D eigenvalue weighted by molar-refractivity contribution is 7.15. The lowest BCUT2D eigenvalue weighted by atomic mass is 10.1. The minimum absolute atomic E-state index is 0.0395. The molecule has 0 fully saturated rings. The van der Waals surface area contributed by atoms with Gasteiger partial charge in [0.2, 0.25) is 0 Å². The van der Waals surface area contributed by atoms with Gasteiger partial charge in [0.25, 0.3) is 11.2 Å². The normalized spacial score (nSPS) is 12.2. The van der Waals surface area contributed by atoms with Gasteiger partial charge < -0.3 is 4.42 Å². The third-order valence-electron chi connectivity index (χ3n) is 4.74. The molecule has 8 heteroatoms. The molecule has 0 saturated heterocycles. The molecule has 0 spiro atoms. The van der Waals surface area contributed by atoms with Crippen LogP contribution in [0.3, 0.4) is 0 Å². The molecule has 0 N–H and O–H groups in total. The zero-order valence-corrected chi connectivity index (χ0v) is 16.0. The van der Waals surface area contributed by atoms with Crippen LogP contribution in [-0.2, 0) is 0 Å². The fraction of sp³-hybridized carbons (Fsp3) is 0.0476. The molecule has 5 rings (SSSR count). The van der Waals surface area contributed by atoms with Crippen molar-refractivity contribution in [3.05, 3.63) is 90.9 Å². The summed E-state index contributed by atoms with van der Waals surface area (Å²) in [7, 11) is 0. The molecular weight excluding hydrogens is 390 g/mol. The zero-order valence-electron chi connectivity index (χ0n) is 15.2. The first-order valence-corrected chi connectivity index (χ1v) is 9.60. The summed E-state index contributed by atoms with van der Waals surface area (Å²) in [6.07, 6.45) is 1.67. The highest BCUT2D eigenvalue weighted by Gasteiger charge is 2.14. The zero-order chi connectivity index (χ0) is 20.1. The van der Waals surface area contributed by atoms with Gasteiger partial charge in [-0.3, -0.25) is 14.9 Å². The largest absolute Gasteiger partial charge is 0.457 e. The number of fused-ring (bicyclic) bond motifs is 3. The van der Waals surface area contributed by atoms with Crippen LogP contribution in [0.2, 0.25) is 0 Å². The van der Waals surface area contributed by atoms with Gasteiger partial charge in [0.15, 0.2) is 4.96 Å². The number of benzene rings is 2. The number of imidazole rings is 1. The Bertz CT molecular complexity index is 1530. The lowest BCUT2D eigenvalue weighted by molar-refractivity contribution is -0.385. The minimum atomic E-state index is -0.412. The molecule has 2 aromatic carbocycles. The second-order valence-corrected chi connectivity index (χ2v) is 7.60. The summed E-state index contributed by atoms with van der Waals surface area (Å²) in [5.41, 5.74) is 2.64. The number of nitrogens with zero attached hydrogens (tertiary/aromatic N) is 3. The standard InChI is InChI=1S/C21H13N3O4S/c1-12-6-7-13(10-17(12)24(26)27)18-9-8-14(28-18)11-19-20(25)23-16-5-3-2-4-15(16)22-21(23)29-19/h2-11H,1H3/b19-11+. The summed E-state index contributed by atoms with van der Waals surface area (Å²) in [6, 6.07) is 15.9. The topological polar surface area (TPSA) is 90.7 Å². The monoisotopic (exact) mass is 403 g/mol. The second-order valence-electron chi connectivity index (χ2n) is 6.59. The Morgan fingerprint density at radius 1 is 1.17 bits per heavy atom. The van der Waals surface area contributed by atoms with Crippen molar-refractivity contribution in [3.8, 4) is 11.3 Å². The van der Waals surface area contributed by atoms with Crippen molar-refractivity contribution in [3.63, 3.8) is 0 Å². The van der Waals surface area contributed by atoms with Crippen LogP contribution in [0, 0.1) is 17.0 Å². The second kappa shape index (κ2) is 6.39. The third kappa shape index (κ3) is 2.81. The summed E-state index contributed by atoms with van der Waals surface area (Å²) >= 11 is 1.29. The van der Waals surface area contributed by atoms with E-state index in [0.29, 0.717) is 32.1 Å². The van der Waals surface area contributed by atoms with E-state index in [2.05, 4.69) is 4.98 Å². The molecule has 5 aromatic rings. The number of rotatable bonds is 3. The Hall–Kier alpha value is -3.78. The van der Waals surface area contributed by atoms with Crippen molar-refractivity contribution >= 4 is 39.1 Å². The van der Waals surface area contributed by atoms with Crippen molar-refractivity contribution in [1.82, 2.24) is 9.38 Å². The fourth-order valence-electron chi connectivity index (χ4n) is 3.29. The molecule has 3 aromatic heterocycles. The Balaban J connectivity index is 1.59. The molecule has 7 nitrogen and oxygen atoms in total. The van der Waals surface area contributed by atoms with Crippen LogP contribution < -0.4 is 10.1 Å². The number of hydrogen-bond donors (Lipinski definition) is 0. The highest BCUT2D eigenvalue weighted by Crippen LogP contribution is 2.28. The highest BCUT2D eigenvalue weighted by atomic mass is 32.1. The number of thiazole rings is 1. The summed E-state index contributed by atoms with van der Waals surface area (Å²) < 4.78 is 7.93. The van der Waals surface area contributed by atoms with E-state index in [4.69, 9.17) is 4.42 Å². The summed E-state index contributed by atoms with van der Waals surface area (Å²) in [5, 5.41) is 11.2. The molecule has 0 atom stereocenters. The van der Waals surface area contributed by atoms with Crippen LogP contribution in [0.25, 0.3) is 33.4 Å². The Morgan fingerprint density at radius 3 is 2.83 bits per heavy atom. The van der Waals surface area contributed by atoms with Crippen molar-refractivity contribution in [1.29, 1.82) is 0 Å². The molecule has 142 valence electrons. The number of nitro benzene ring substituents is 1. The molecule has 0 aliphatic rings. The Labute approximate surface area is 167 Å². The first-order chi connectivity index (χ1) is 14.0. The fourth-order valence-corrected chi connectivity index (χ4v) is 4.25. The SMILES string of the molecule is Cc1ccc(-c2ccc(/C=c3/sc4nc5ccccc5n4c3=O)o2)cc1[N+](=O)[O-]. The van der Waals surface area contributed by atoms with E-state index >= 15 is 0 Å². The number of furan rings is 1. The van der Waals surface area contributed by atoms with Crippen LogP contribution in [0.5, 0.6) is 0 Å². The smallest absolute Gasteiger partial charge is 0.275 e. The molecule has 0 saturated carbocycles. The van der Waals surface area contributed by atoms with E-state index in [1.165, 1.54) is 17.4 Å². The van der Waals surface area contributed by atoms with Gasteiger partial charge >= 0.3 is 0 Å². The van der Waals surface area contributed by atoms with Crippen molar-refractivity contribution in [2.24, 2.45) is 0 Å². The van der Waals surface area contributed by atoms with Gasteiger partial charge in [-0.15, -0.1) is 0 Å². The molecule has 0 bridgehead atoms. The van der Waals surface area contributed by atoms with Gasteiger partial charge in [0.05, 0.1) is 16.0 Å². The van der Waals surface area contributed by atoms with E-state index in [0.717, 1.165) is 11.0 Å². The first-order valence-electron chi connectivity index (χ1n) is 8.78. The van der Waals surface area contributed by atoms with Crippen molar-refractivity contribution < 1.29 is 9.34 Å². The van der Waals surface area contributed by atoms with E-state index in [1.54, 1.807) is 41.7 Å². The number of para-hydroxylation sites is 2. The van der Waals surface area contributed by atoms with Gasteiger partial charge in [-0.1, -0.05) is 35.6 Å². The Morgan fingerprint density at radius 2 is 2.00 bits per heavy atom. The van der Waals surface area contributed by atoms with Crippen LogP contribution in [0.4, 0.5) is 5.69 Å². The Kier molecular flexibility index (Phi) is 3.82. The summed E-state index contributed by atoms with van der Waals surface area (Å²) in [6.45, 7) is 1.69. The summed E-state index contributed by atoms with van der Waals surface area (Å²) in [5.74, 6) is 0.993. The summed E-state index contributed by atoms with van der Waals surface area (Å²) in [4.78, 5) is 28.7. The van der Waals surface area contributed by atoms with Crippen LogP contribution >= 0.6 is 11.3 Å². The van der Waals surface area contributed by atoms with Gasteiger partial charge in [-0.05, 0) is 31.2 Å². The maximum absolute atomic E-state index is 12.8. The van der Waals surface area contributed by atoms with Gasteiger partial charge in [-0.2, -0.15) is 0 Å². The molecule has 29 heavy (non-hydrogen) atoms. The van der Waals surface area contributed by atoms with E-state index < -0.39 is 4.92 Å². The number of nitro groups is 1. The molecule has 0 radical (unpaired) electrons. The predicted octanol–water partition coefficient (Wildman–Crippen LogP) is 3.93. The van der Waals surface area contributed by atoms with Gasteiger partial charge in [0, 0.05) is 23.3 Å². The van der Waals surface area contributed by atoms with E-state index in [-0.39, 0.29) is 11.2 Å². The number of aromatic nitrogens is 2. The average Bonchev–Trinajstić information content (AvgIpc) is 3.38. The lowest BCUT2D eigenvalue weighted by Gasteiger charge is -2.00. The molecular formula is C21H13N3O4S. The molecule has 0 amide bonds. The molecule has 0 unspecified atom stereocenters. The minimum Gasteiger partial charge on any atom is -0.457 e. The van der Waals surface area contributed by atoms with Crippen LogP contribution in [0.1, 0.15) is 11.3 Å². The van der Waals surface area contributed by atoms with Crippen LogP contribution in [0.15, 0.2) is 63.8 Å². The molecule has 3 heterocycles. The van der Waals surface area contributed by atoms with Gasteiger partial charge in [0.1, 0.15) is 16.1 Å². The molecule has 0 aliphatic heterocycles. The van der Waals surface area contributed by atoms with Gasteiger partial charge in [-0.25, -0.2) is 9.38 Å². The third-order valence-corrected chi connectivity index (χ3v) is 5.70. The number of aryl methyl sites for hydroxylation is 1. The van der Waals surface area contributed by atoms with E-state index in [1.807, 2.05) is 24.3 Å². The lowest BCUT2D eigenvalue weighted by Crippen LogP contribution is -2.22. The van der Waals surface area contributed by atoms with Crippen molar-refractivity contribution in [2.45, 2.75) is 6.92 Å². The predicted molar refractivity (Wildman–Crippen MR) is 111 cm³/mol. The maximum atomic E-state index is 12.8. The molecule has 0 aliphatic carbocycles. The average molecular weight is 403 g/mol. The number of hydrogen-bond acceptors (Lipinski definition) is 6. The first kappa shape index (κ1) is 17.3. The quantitative estimate of drug-likeness (QED) is 0.336. The van der Waals surface area contributed by atoms with Crippen molar-refractivity contribution in [2.75, 3.05) is 0 Å². The maximum Gasteiger partial charge on any atom is 0.275 e. The van der Waals surface area contributed by atoms with E-state index in [9.17, 15) is 14.9 Å².